The molecule has 3 aromatic heterocycles. The van der Waals surface area contributed by atoms with Gasteiger partial charge in [0.1, 0.15) is 17.5 Å². The standard InChI is InChI=1S/C22H25F3N6O2/c1-32-15-10-16(11-15)33-20-17(22(23,24)25)12-26-21(28-20)27-14-6-4-5-13(9-14)19-30-29-18-7-2-3-8-31(18)19/h2-3,7-8,12-16H,4-6,9-11H2,1H3,(H,26,27,28)/t13-,14+,15?,16?/m0/s1. The van der Waals surface area contributed by atoms with Crippen LogP contribution in [0.3, 0.4) is 0 Å². The van der Waals surface area contributed by atoms with E-state index in [1.54, 1.807) is 7.11 Å². The highest BCUT2D eigenvalue weighted by Crippen LogP contribution is 2.38. The smallest absolute Gasteiger partial charge is 0.423 e. The van der Waals surface area contributed by atoms with E-state index in [1.165, 1.54) is 0 Å². The van der Waals surface area contributed by atoms with E-state index in [1.807, 2.05) is 28.8 Å². The number of hydrogen-bond donors (Lipinski definition) is 1. The quantitative estimate of drug-likeness (QED) is 0.587. The number of methoxy groups -OCH3 is 1. The molecule has 5 rings (SSSR count). The zero-order valence-corrected chi connectivity index (χ0v) is 18.1. The predicted octanol–water partition coefficient (Wildman–Crippen LogP) is 4.23. The van der Waals surface area contributed by atoms with Crippen molar-refractivity contribution >= 4 is 11.6 Å². The molecule has 2 aliphatic carbocycles. The lowest BCUT2D eigenvalue weighted by atomic mass is 9.85. The number of halogens is 3. The summed E-state index contributed by atoms with van der Waals surface area (Å²) in [5.74, 6) is 0.777. The average molecular weight is 462 g/mol. The van der Waals surface area contributed by atoms with Gasteiger partial charge < -0.3 is 14.8 Å². The minimum absolute atomic E-state index is 0.00553. The highest BCUT2D eigenvalue weighted by molar-refractivity contribution is 5.38. The lowest BCUT2D eigenvalue weighted by Crippen LogP contribution is -2.39. The molecule has 0 aromatic carbocycles. The van der Waals surface area contributed by atoms with E-state index in [2.05, 4.69) is 25.5 Å². The Balaban J connectivity index is 1.31. The van der Waals surface area contributed by atoms with Crippen LogP contribution in [0.4, 0.5) is 19.1 Å². The number of anilines is 1. The van der Waals surface area contributed by atoms with Gasteiger partial charge in [0.2, 0.25) is 11.8 Å². The summed E-state index contributed by atoms with van der Waals surface area (Å²) in [5, 5.41) is 11.8. The number of ether oxygens (including phenoxy) is 2. The summed E-state index contributed by atoms with van der Waals surface area (Å²) in [7, 11) is 1.58. The molecular weight excluding hydrogens is 437 g/mol. The molecule has 1 N–H and O–H groups in total. The Morgan fingerprint density at radius 3 is 2.73 bits per heavy atom. The first-order valence-electron chi connectivity index (χ1n) is 11.1. The van der Waals surface area contributed by atoms with E-state index in [-0.39, 0.29) is 30.1 Å². The molecule has 0 saturated heterocycles. The van der Waals surface area contributed by atoms with E-state index >= 15 is 0 Å². The number of hydrogen-bond acceptors (Lipinski definition) is 7. The van der Waals surface area contributed by atoms with Gasteiger partial charge >= 0.3 is 6.18 Å². The van der Waals surface area contributed by atoms with Crippen molar-refractivity contribution in [2.45, 2.75) is 68.9 Å². The van der Waals surface area contributed by atoms with Gasteiger partial charge in [0.15, 0.2) is 5.65 Å². The molecule has 0 spiro atoms. The lowest BCUT2D eigenvalue weighted by molar-refractivity contribution is -0.141. The van der Waals surface area contributed by atoms with Crippen molar-refractivity contribution in [1.29, 1.82) is 0 Å². The van der Waals surface area contributed by atoms with Crippen LogP contribution in [-0.4, -0.2) is 49.9 Å². The highest BCUT2D eigenvalue weighted by atomic mass is 19.4. The third-order valence-corrected chi connectivity index (χ3v) is 6.44. The van der Waals surface area contributed by atoms with Crippen LogP contribution in [-0.2, 0) is 10.9 Å². The van der Waals surface area contributed by atoms with Crippen LogP contribution in [0.2, 0.25) is 0 Å². The largest absolute Gasteiger partial charge is 0.474 e. The Morgan fingerprint density at radius 1 is 1.09 bits per heavy atom. The molecule has 2 fully saturated rings. The first-order chi connectivity index (χ1) is 15.9. The van der Waals surface area contributed by atoms with Gasteiger partial charge in [-0.05, 0) is 31.4 Å². The number of nitrogens with one attached hydrogen (secondary N) is 1. The topological polar surface area (TPSA) is 86.5 Å². The fraction of sp³-hybridized carbons (Fsp3) is 0.545. The van der Waals surface area contributed by atoms with Crippen LogP contribution in [0.5, 0.6) is 5.88 Å². The molecular formula is C22H25F3N6O2. The van der Waals surface area contributed by atoms with Gasteiger partial charge in [-0.2, -0.15) is 18.2 Å². The molecule has 3 aromatic rings. The molecule has 11 heteroatoms. The van der Waals surface area contributed by atoms with E-state index < -0.39 is 17.6 Å². The third kappa shape index (κ3) is 4.59. The normalized spacial score (nSPS) is 25.6. The summed E-state index contributed by atoms with van der Waals surface area (Å²) in [6.07, 6.45) is 2.43. The Hall–Kier alpha value is -2.95. The van der Waals surface area contributed by atoms with Crippen LogP contribution in [0.25, 0.3) is 5.65 Å². The summed E-state index contributed by atoms with van der Waals surface area (Å²) < 4.78 is 53.2. The molecule has 2 atom stereocenters. The van der Waals surface area contributed by atoms with Gasteiger partial charge in [0.05, 0.1) is 6.10 Å². The van der Waals surface area contributed by atoms with Crippen molar-refractivity contribution in [1.82, 2.24) is 24.6 Å². The third-order valence-electron chi connectivity index (χ3n) is 6.44. The van der Waals surface area contributed by atoms with Crippen molar-refractivity contribution in [3.63, 3.8) is 0 Å². The summed E-state index contributed by atoms with van der Waals surface area (Å²) in [5.41, 5.74) is -0.174. The zero-order valence-electron chi connectivity index (χ0n) is 18.1. The maximum absolute atomic E-state index is 13.5. The molecule has 3 heterocycles. The number of aromatic nitrogens is 5. The van der Waals surface area contributed by atoms with Gasteiger partial charge in [0.25, 0.3) is 0 Å². The number of pyridine rings is 1. The molecule has 2 saturated carbocycles. The Morgan fingerprint density at radius 2 is 1.94 bits per heavy atom. The summed E-state index contributed by atoms with van der Waals surface area (Å²) in [6, 6.07) is 5.77. The van der Waals surface area contributed by atoms with Gasteiger partial charge in [-0.3, -0.25) is 4.40 Å². The second kappa shape index (κ2) is 8.77. The maximum Gasteiger partial charge on any atom is 0.423 e. The minimum Gasteiger partial charge on any atom is -0.474 e. The first kappa shape index (κ1) is 21.9. The lowest BCUT2D eigenvalue weighted by Gasteiger charge is -2.34. The summed E-state index contributed by atoms with van der Waals surface area (Å²) in [6.45, 7) is 0. The van der Waals surface area contributed by atoms with Gasteiger partial charge in [-0.15, -0.1) is 10.2 Å². The van der Waals surface area contributed by atoms with Crippen LogP contribution < -0.4 is 10.1 Å². The van der Waals surface area contributed by atoms with Gasteiger partial charge in [0, 0.05) is 44.3 Å². The minimum atomic E-state index is -4.59. The van der Waals surface area contributed by atoms with Crippen molar-refractivity contribution < 1.29 is 22.6 Å². The molecule has 2 aliphatic rings. The molecule has 0 radical (unpaired) electrons. The first-order valence-corrected chi connectivity index (χ1v) is 11.1. The maximum atomic E-state index is 13.5. The average Bonchev–Trinajstić information content (AvgIpc) is 3.20. The van der Waals surface area contributed by atoms with Crippen molar-refractivity contribution in [3.8, 4) is 5.88 Å². The van der Waals surface area contributed by atoms with Crippen LogP contribution in [0.1, 0.15) is 55.8 Å². The van der Waals surface area contributed by atoms with Gasteiger partial charge in [-0.1, -0.05) is 12.5 Å². The molecule has 0 unspecified atom stereocenters. The van der Waals surface area contributed by atoms with E-state index in [4.69, 9.17) is 9.47 Å². The molecule has 176 valence electrons. The molecule has 33 heavy (non-hydrogen) atoms. The predicted molar refractivity (Wildman–Crippen MR) is 113 cm³/mol. The fourth-order valence-electron chi connectivity index (χ4n) is 4.56. The Bertz CT molecular complexity index is 1110. The molecule has 8 nitrogen and oxygen atoms in total. The monoisotopic (exact) mass is 462 g/mol. The second-order valence-electron chi connectivity index (χ2n) is 8.67. The molecule has 0 aliphatic heterocycles. The SMILES string of the molecule is COC1CC(Oc2nc(N[C@@H]3CCC[C@H](c4nnc5ccccn45)C3)ncc2C(F)(F)F)C1. The fourth-order valence-corrected chi connectivity index (χ4v) is 4.56. The number of nitrogens with zero attached hydrogens (tertiary/aromatic N) is 5. The molecule has 0 bridgehead atoms. The second-order valence-corrected chi connectivity index (χ2v) is 8.67. The van der Waals surface area contributed by atoms with Crippen LogP contribution in [0, 0.1) is 0 Å². The number of rotatable bonds is 6. The Labute approximate surface area is 188 Å². The van der Waals surface area contributed by atoms with Crippen molar-refractivity contribution in [2.24, 2.45) is 0 Å². The zero-order chi connectivity index (χ0) is 23.0. The van der Waals surface area contributed by atoms with Crippen LogP contribution in [0.15, 0.2) is 30.6 Å². The Kier molecular flexibility index (Phi) is 5.81. The van der Waals surface area contributed by atoms with Crippen molar-refractivity contribution in [2.75, 3.05) is 12.4 Å². The van der Waals surface area contributed by atoms with E-state index in [0.717, 1.165) is 43.4 Å². The van der Waals surface area contributed by atoms with Crippen molar-refractivity contribution in [3.05, 3.63) is 42.0 Å². The number of alkyl halides is 3. The molecule has 0 amide bonds. The van der Waals surface area contributed by atoms with E-state index in [9.17, 15) is 13.2 Å². The summed E-state index contributed by atoms with van der Waals surface area (Å²) in [4.78, 5) is 8.05. The number of fused-ring (bicyclic) bond motifs is 1. The van der Waals surface area contributed by atoms with E-state index in [0.29, 0.717) is 12.8 Å². The van der Waals surface area contributed by atoms with Crippen LogP contribution >= 0.6 is 0 Å². The van der Waals surface area contributed by atoms with Gasteiger partial charge in [-0.25, -0.2) is 4.98 Å². The summed E-state index contributed by atoms with van der Waals surface area (Å²) >= 11 is 0. The highest BCUT2D eigenvalue weighted by Gasteiger charge is 2.39.